The molecule has 1 heterocycles. The number of ether oxygens (including phenoxy) is 1. The van der Waals surface area contributed by atoms with Crippen LogP contribution in [0, 0.1) is 18.7 Å². The first kappa shape index (κ1) is 32.6. The van der Waals surface area contributed by atoms with E-state index in [9.17, 15) is 40.3 Å². The fourth-order valence-electron chi connectivity index (χ4n) is 5.72. The number of halogens is 7. The van der Waals surface area contributed by atoms with E-state index in [0.29, 0.717) is 36.1 Å². The molecule has 2 aromatic rings. The number of amides is 2. The zero-order chi connectivity index (χ0) is 32.1. The van der Waals surface area contributed by atoms with Crippen molar-refractivity contribution >= 4 is 12.0 Å². The highest BCUT2D eigenvalue weighted by Crippen LogP contribution is 2.44. The molecular formula is C31H35F7N2O3. The number of rotatable bonds is 5. The van der Waals surface area contributed by atoms with Crippen molar-refractivity contribution in [3.63, 3.8) is 0 Å². The lowest BCUT2D eigenvalue weighted by atomic mass is 9.78. The first-order valence-corrected chi connectivity index (χ1v) is 14.1. The standard InChI is InChI=1S/C31H35F7N2O3/c1-17-12-22(32)6-9-24(17)26-16-39(28(42)43-29(3,4)5)11-10-25(26)27(41)40(23-7-8-23)18(2)19-13-20(30(33,34)35)15-21(14-19)31(36,37)38/h6,9,12-15,18,23,25-26H,7-8,10-11,16H2,1-5H3/t18?,25-,26+/m1/s1. The van der Waals surface area contributed by atoms with Crippen LogP contribution in [0.25, 0.3) is 0 Å². The molecule has 0 N–H and O–H groups in total. The van der Waals surface area contributed by atoms with E-state index < -0.39 is 64.8 Å². The molecule has 0 aromatic heterocycles. The highest BCUT2D eigenvalue weighted by Gasteiger charge is 2.46. The Morgan fingerprint density at radius 2 is 1.51 bits per heavy atom. The summed E-state index contributed by atoms with van der Waals surface area (Å²) in [7, 11) is 0. The van der Waals surface area contributed by atoms with Crippen LogP contribution in [0.4, 0.5) is 35.5 Å². The molecule has 1 aliphatic heterocycles. The maximum absolute atomic E-state index is 14.3. The summed E-state index contributed by atoms with van der Waals surface area (Å²) >= 11 is 0. The quantitative estimate of drug-likeness (QED) is 0.318. The molecule has 2 amide bonds. The fourth-order valence-corrected chi connectivity index (χ4v) is 5.72. The summed E-state index contributed by atoms with van der Waals surface area (Å²) in [6.07, 6.45) is -9.35. The largest absolute Gasteiger partial charge is 0.444 e. The minimum Gasteiger partial charge on any atom is -0.444 e. The van der Waals surface area contributed by atoms with Crippen molar-refractivity contribution in [1.82, 2.24) is 9.80 Å². The topological polar surface area (TPSA) is 49.9 Å². The average Bonchev–Trinajstić information content (AvgIpc) is 3.71. The number of piperidine rings is 1. The molecule has 2 aliphatic rings. The van der Waals surface area contributed by atoms with Crippen LogP contribution in [0.2, 0.25) is 0 Å². The van der Waals surface area contributed by atoms with Crippen molar-refractivity contribution < 1.29 is 45.1 Å². The van der Waals surface area contributed by atoms with Crippen molar-refractivity contribution in [3.05, 3.63) is 70.0 Å². The summed E-state index contributed by atoms with van der Waals surface area (Å²) in [5.74, 6) is -2.30. The molecule has 4 rings (SSSR count). The Bertz CT molecular complexity index is 1330. The molecule has 0 radical (unpaired) electrons. The van der Waals surface area contributed by atoms with Gasteiger partial charge in [-0.15, -0.1) is 0 Å². The maximum Gasteiger partial charge on any atom is 0.416 e. The minimum atomic E-state index is -5.02. The third kappa shape index (κ3) is 7.62. The molecular weight excluding hydrogens is 581 g/mol. The Morgan fingerprint density at radius 3 is 2.00 bits per heavy atom. The Balaban J connectivity index is 1.72. The van der Waals surface area contributed by atoms with Crippen LogP contribution >= 0.6 is 0 Å². The van der Waals surface area contributed by atoms with Gasteiger partial charge >= 0.3 is 18.4 Å². The number of aryl methyl sites for hydroxylation is 1. The lowest BCUT2D eigenvalue weighted by Gasteiger charge is -2.42. The van der Waals surface area contributed by atoms with Gasteiger partial charge in [-0.05, 0) is 101 Å². The van der Waals surface area contributed by atoms with Crippen LogP contribution in [-0.2, 0) is 21.9 Å². The lowest BCUT2D eigenvalue weighted by Crippen LogP contribution is -2.50. The van der Waals surface area contributed by atoms with E-state index in [1.165, 1.54) is 28.9 Å². The van der Waals surface area contributed by atoms with E-state index in [1.54, 1.807) is 33.8 Å². The van der Waals surface area contributed by atoms with Gasteiger partial charge in [-0.25, -0.2) is 9.18 Å². The molecule has 1 unspecified atom stereocenters. The lowest BCUT2D eigenvalue weighted by molar-refractivity contribution is -0.143. The zero-order valence-electron chi connectivity index (χ0n) is 24.6. The molecule has 236 valence electrons. The minimum absolute atomic E-state index is 0.0620. The fraction of sp³-hybridized carbons (Fsp3) is 0.548. The Morgan fingerprint density at radius 1 is 0.930 bits per heavy atom. The van der Waals surface area contributed by atoms with Crippen molar-refractivity contribution in [1.29, 1.82) is 0 Å². The molecule has 0 bridgehead atoms. The predicted molar refractivity (Wildman–Crippen MR) is 145 cm³/mol. The van der Waals surface area contributed by atoms with Gasteiger partial charge in [0.15, 0.2) is 0 Å². The van der Waals surface area contributed by atoms with E-state index in [4.69, 9.17) is 4.74 Å². The van der Waals surface area contributed by atoms with Crippen LogP contribution in [-0.4, -0.2) is 46.5 Å². The van der Waals surface area contributed by atoms with Crippen LogP contribution in [0.5, 0.6) is 0 Å². The van der Waals surface area contributed by atoms with Crippen molar-refractivity contribution in [2.24, 2.45) is 5.92 Å². The molecule has 5 nitrogen and oxygen atoms in total. The van der Waals surface area contributed by atoms with Gasteiger partial charge in [-0.1, -0.05) is 6.07 Å². The van der Waals surface area contributed by atoms with Gasteiger partial charge in [0.25, 0.3) is 0 Å². The second-order valence-corrected chi connectivity index (χ2v) is 12.4. The number of carbonyl (C=O) groups is 2. The summed E-state index contributed by atoms with van der Waals surface area (Å²) in [5.41, 5.74) is -2.77. The van der Waals surface area contributed by atoms with Gasteiger partial charge < -0.3 is 14.5 Å². The number of carbonyl (C=O) groups excluding carboxylic acids is 2. The zero-order valence-corrected chi connectivity index (χ0v) is 24.6. The van der Waals surface area contributed by atoms with Gasteiger partial charge in [-0.3, -0.25) is 4.79 Å². The van der Waals surface area contributed by atoms with Crippen LogP contribution in [0.15, 0.2) is 36.4 Å². The molecule has 1 saturated carbocycles. The third-order valence-corrected chi connectivity index (χ3v) is 7.92. The average molecular weight is 617 g/mol. The highest BCUT2D eigenvalue weighted by atomic mass is 19.4. The third-order valence-electron chi connectivity index (χ3n) is 7.92. The normalized spacial score (nSPS) is 20.5. The molecule has 1 saturated heterocycles. The van der Waals surface area contributed by atoms with Crippen molar-refractivity contribution in [3.8, 4) is 0 Å². The van der Waals surface area contributed by atoms with E-state index in [1.807, 2.05) is 0 Å². The maximum atomic E-state index is 14.3. The molecule has 3 atom stereocenters. The Kier molecular flexibility index (Phi) is 8.83. The number of hydrogen-bond acceptors (Lipinski definition) is 3. The number of likely N-dealkylation sites (tertiary alicyclic amines) is 1. The monoisotopic (exact) mass is 616 g/mol. The smallest absolute Gasteiger partial charge is 0.416 e. The summed E-state index contributed by atoms with van der Waals surface area (Å²) in [6, 6.07) is 4.04. The second kappa shape index (κ2) is 11.6. The van der Waals surface area contributed by atoms with E-state index >= 15 is 0 Å². The van der Waals surface area contributed by atoms with Gasteiger partial charge in [-0.2, -0.15) is 26.3 Å². The van der Waals surface area contributed by atoms with Crippen LogP contribution < -0.4 is 0 Å². The molecule has 1 aliphatic carbocycles. The SMILES string of the molecule is Cc1cc(F)ccc1[C@@H]1CN(C(=O)OC(C)(C)C)CC[C@H]1C(=O)N(C1CC1)C(C)c1cc(C(F)(F)F)cc(C(F)(F)F)c1. The van der Waals surface area contributed by atoms with Gasteiger partial charge in [0.1, 0.15) is 11.4 Å². The van der Waals surface area contributed by atoms with Crippen molar-refractivity contribution in [2.75, 3.05) is 13.1 Å². The van der Waals surface area contributed by atoms with Crippen LogP contribution in [0.1, 0.15) is 86.7 Å². The molecule has 43 heavy (non-hydrogen) atoms. The molecule has 2 aromatic carbocycles. The number of nitrogens with zero attached hydrogens (tertiary/aromatic N) is 2. The number of hydrogen-bond donors (Lipinski definition) is 0. The first-order valence-electron chi connectivity index (χ1n) is 14.1. The second-order valence-electron chi connectivity index (χ2n) is 12.4. The van der Waals surface area contributed by atoms with Gasteiger partial charge in [0.2, 0.25) is 5.91 Å². The Labute approximate surface area is 246 Å². The highest BCUT2D eigenvalue weighted by molar-refractivity contribution is 5.82. The summed E-state index contributed by atoms with van der Waals surface area (Å²) in [6.45, 7) is 8.47. The van der Waals surface area contributed by atoms with Gasteiger partial charge in [0.05, 0.1) is 17.2 Å². The molecule has 12 heteroatoms. The first-order chi connectivity index (χ1) is 19.8. The number of alkyl halides is 6. The predicted octanol–water partition coefficient (Wildman–Crippen LogP) is 8.26. The van der Waals surface area contributed by atoms with Crippen molar-refractivity contribution in [2.45, 2.75) is 89.8 Å². The van der Waals surface area contributed by atoms with E-state index in [0.717, 1.165) is 0 Å². The number of benzene rings is 2. The summed E-state index contributed by atoms with van der Waals surface area (Å²) < 4.78 is 101. The summed E-state index contributed by atoms with van der Waals surface area (Å²) in [4.78, 5) is 30.1. The van der Waals surface area contributed by atoms with E-state index in [2.05, 4.69) is 0 Å². The van der Waals surface area contributed by atoms with Gasteiger partial charge in [0, 0.05) is 31.0 Å². The summed E-state index contributed by atoms with van der Waals surface area (Å²) in [5, 5.41) is 0. The molecule has 0 spiro atoms. The van der Waals surface area contributed by atoms with Crippen LogP contribution in [0.3, 0.4) is 0 Å². The molecule has 2 fully saturated rings. The Hall–Kier alpha value is -3.31. The van der Waals surface area contributed by atoms with E-state index in [-0.39, 0.29) is 37.2 Å².